The number of rotatable bonds is 7. The molecule has 36 heavy (non-hydrogen) atoms. The molecule has 12 heteroatoms. The van der Waals surface area contributed by atoms with Crippen molar-refractivity contribution in [2.24, 2.45) is 0 Å². The molecule has 0 saturated heterocycles. The SMILES string of the molecule is CCc1noc(Cn2cnc3c4cc(OC)ccc4n(CC(=O)Nc4cc(F)ccc4F)c3c2=O)n1. The molecule has 0 bridgehead atoms. The Morgan fingerprint density at radius 3 is 2.78 bits per heavy atom. The molecular weight excluding hydrogens is 474 g/mol. The van der Waals surface area contributed by atoms with Crippen LogP contribution in [-0.4, -0.2) is 37.3 Å². The first-order valence-corrected chi connectivity index (χ1v) is 11.0. The van der Waals surface area contributed by atoms with E-state index in [9.17, 15) is 18.4 Å². The van der Waals surface area contributed by atoms with E-state index in [1.807, 2.05) is 6.92 Å². The number of carbonyl (C=O) groups excluding carboxylic acids is 1. The number of halogens is 2. The van der Waals surface area contributed by atoms with Crippen molar-refractivity contribution in [3.8, 4) is 5.75 Å². The number of aryl methyl sites for hydroxylation is 1. The Bertz CT molecular complexity index is 1670. The van der Waals surface area contributed by atoms with E-state index >= 15 is 0 Å². The normalized spacial score (nSPS) is 11.3. The monoisotopic (exact) mass is 494 g/mol. The second-order valence-electron chi connectivity index (χ2n) is 7.97. The Labute approximate surface area is 202 Å². The topological polar surface area (TPSA) is 117 Å². The van der Waals surface area contributed by atoms with Gasteiger partial charge in [0, 0.05) is 17.9 Å². The molecule has 0 radical (unpaired) electrons. The fourth-order valence-electron chi connectivity index (χ4n) is 3.95. The van der Waals surface area contributed by atoms with Crippen molar-refractivity contribution in [2.45, 2.75) is 26.4 Å². The standard InChI is InChI=1S/C24H20F2N6O4/c1-3-19-29-21(36-30-19)11-31-12-27-22-15-9-14(35-2)5-7-18(15)32(23(22)24(31)34)10-20(33)28-17-8-13(25)4-6-16(17)26/h4-9,12H,3,10-11H2,1-2H3,(H,28,33). The molecule has 1 amide bonds. The van der Waals surface area contributed by atoms with Crippen molar-refractivity contribution in [3.05, 3.63) is 76.4 Å². The van der Waals surface area contributed by atoms with Crippen molar-refractivity contribution in [1.29, 1.82) is 0 Å². The molecule has 0 saturated carbocycles. The molecule has 184 valence electrons. The van der Waals surface area contributed by atoms with Gasteiger partial charge in [-0.25, -0.2) is 13.8 Å². The second-order valence-corrected chi connectivity index (χ2v) is 7.97. The van der Waals surface area contributed by atoms with E-state index < -0.39 is 23.1 Å². The summed E-state index contributed by atoms with van der Waals surface area (Å²) >= 11 is 0. The zero-order valence-electron chi connectivity index (χ0n) is 19.3. The van der Waals surface area contributed by atoms with Crippen LogP contribution in [0.25, 0.3) is 21.9 Å². The minimum atomic E-state index is -0.785. The number of aromatic nitrogens is 5. The maximum Gasteiger partial charge on any atom is 0.278 e. The predicted molar refractivity (Wildman–Crippen MR) is 126 cm³/mol. The smallest absolute Gasteiger partial charge is 0.278 e. The average molecular weight is 494 g/mol. The molecule has 0 aliphatic carbocycles. The van der Waals surface area contributed by atoms with Crippen LogP contribution in [0.1, 0.15) is 18.6 Å². The summed E-state index contributed by atoms with van der Waals surface area (Å²) < 4.78 is 40.9. The van der Waals surface area contributed by atoms with Crippen LogP contribution in [0.15, 0.2) is 52.0 Å². The second kappa shape index (κ2) is 9.21. The maximum absolute atomic E-state index is 14.1. The highest BCUT2D eigenvalue weighted by atomic mass is 19.1. The summed E-state index contributed by atoms with van der Waals surface area (Å²) in [5.41, 5.74) is 0.284. The zero-order chi connectivity index (χ0) is 25.4. The highest BCUT2D eigenvalue weighted by Crippen LogP contribution is 2.29. The lowest BCUT2D eigenvalue weighted by Gasteiger charge is -2.10. The number of fused-ring (bicyclic) bond motifs is 3. The molecule has 0 aliphatic rings. The van der Waals surface area contributed by atoms with E-state index in [2.05, 4.69) is 20.4 Å². The van der Waals surface area contributed by atoms with Crippen LogP contribution in [0.3, 0.4) is 0 Å². The fraction of sp³-hybridized carbons (Fsp3) is 0.208. The summed E-state index contributed by atoms with van der Waals surface area (Å²) in [6.07, 6.45) is 1.94. The van der Waals surface area contributed by atoms with Gasteiger partial charge in [-0.05, 0) is 30.3 Å². The van der Waals surface area contributed by atoms with Gasteiger partial charge in [-0.15, -0.1) is 0 Å². The van der Waals surface area contributed by atoms with E-state index in [0.29, 0.717) is 34.4 Å². The molecule has 0 unspecified atom stereocenters. The first kappa shape index (κ1) is 23.1. The van der Waals surface area contributed by atoms with Gasteiger partial charge >= 0.3 is 0 Å². The maximum atomic E-state index is 14.1. The largest absolute Gasteiger partial charge is 0.497 e. The number of carbonyl (C=O) groups is 1. The summed E-state index contributed by atoms with van der Waals surface area (Å²) in [6, 6.07) is 7.84. The van der Waals surface area contributed by atoms with Crippen LogP contribution in [0, 0.1) is 11.6 Å². The van der Waals surface area contributed by atoms with Crippen molar-refractivity contribution >= 4 is 33.5 Å². The van der Waals surface area contributed by atoms with Crippen LogP contribution in [0.5, 0.6) is 5.75 Å². The summed E-state index contributed by atoms with van der Waals surface area (Å²) in [5, 5.41) is 6.79. The molecule has 10 nitrogen and oxygen atoms in total. The van der Waals surface area contributed by atoms with Gasteiger partial charge in [-0.3, -0.25) is 14.2 Å². The third-order valence-corrected chi connectivity index (χ3v) is 5.67. The average Bonchev–Trinajstić information content (AvgIpc) is 3.45. The predicted octanol–water partition coefficient (Wildman–Crippen LogP) is 3.27. The first-order chi connectivity index (χ1) is 17.4. The lowest BCUT2D eigenvalue weighted by molar-refractivity contribution is -0.116. The molecule has 3 aromatic heterocycles. The summed E-state index contributed by atoms with van der Waals surface area (Å²) in [6.45, 7) is 1.51. The van der Waals surface area contributed by atoms with Gasteiger partial charge in [-0.1, -0.05) is 12.1 Å². The minimum Gasteiger partial charge on any atom is -0.497 e. The highest BCUT2D eigenvalue weighted by molar-refractivity contribution is 6.07. The van der Waals surface area contributed by atoms with Gasteiger partial charge in [0.1, 0.15) is 41.5 Å². The van der Waals surface area contributed by atoms with Crippen LogP contribution >= 0.6 is 0 Å². The quantitative estimate of drug-likeness (QED) is 0.369. The van der Waals surface area contributed by atoms with Crippen molar-refractivity contribution in [1.82, 2.24) is 24.3 Å². The number of benzene rings is 2. The molecule has 3 heterocycles. The fourth-order valence-corrected chi connectivity index (χ4v) is 3.95. The Morgan fingerprint density at radius 2 is 2.03 bits per heavy atom. The third-order valence-electron chi connectivity index (χ3n) is 5.67. The van der Waals surface area contributed by atoms with E-state index in [4.69, 9.17) is 9.26 Å². The van der Waals surface area contributed by atoms with Crippen LogP contribution in [0.2, 0.25) is 0 Å². The molecule has 2 aromatic carbocycles. The van der Waals surface area contributed by atoms with Crippen molar-refractivity contribution < 1.29 is 22.8 Å². The van der Waals surface area contributed by atoms with Gasteiger partial charge in [0.05, 0.1) is 24.6 Å². The Morgan fingerprint density at radius 1 is 1.19 bits per heavy atom. The summed E-state index contributed by atoms with van der Waals surface area (Å²) in [7, 11) is 1.51. The van der Waals surface area contributed by atoms with Crippen molar-refractivity contribution in [3.63, 3.8) is 0 Å². The lowest BCUT2D eigenvalue weighted by Crippen LogP contribution is -2.26. The van der Waals surface area contributed by atoms with E-state index in [1.54, 1.807) is 18.2 Å². The number of hydrogen-bond acceptors (Lipinski definition) is 7. The van der Waals surface area contributed by atoms with Gasteiger partial charge in [0.2, 0.25) is 11.8 Å². The van der Waals surface area contributed by atoms with Gasteiger partial charge < -0.3 is 19.1 Å². The summed E-state index contributed by atoms with van der Waals surface area (Å²) in [5.74, 6) is -0.861. The molecule has 5 aromatic rings. The van der Waals surface area contributed by atoms with Gasteiger partial charge in [-0.2, -0.15) is 4.98 Å². The number of ether oxygens (including phenoxy) is 1. The first-order valence-electron chi connectivity index (χ1n) is 11.0. The lowest BCUT2D eigenvalue weighted by atomic mass is 10.2. The third kappa shape index (κ3) is 4.17. The minimum absolute atomic E-state index is 0.0136. The Balaban J connectivity index is 1.60. The van der Waals surface area contributed by atoms with Gasteiger partial charge in [0.25, 0.3) is 5.56 Å². The molecule has 0 fully saturated rings. The number of amides is 1. The number of nitrogens with zero attached hydrogens (tertiary/aromatic N) is 5. The molecule has 1 N–H and O–H groups in total. The van der Waals surface area contributed by atoms with Crippen LogP contribution in [-0.2, 0) is 24.3 Å². The molecular formula is C24H20F2N6O4. The molecule has 0 atom stereocenters. The number of hydrogen-bond donors (Lipinski definition) is 1. The van der Waals surface area contributed by atoms with E-state index in [1.165, 1.54) is 22.6 Å². The zero-order valence-corrected chi connectivity index (χ0v) is 19.3. The molecule has 5 rings (SSSR count). The highest BCUT2D eigenvalue weighted by Gasteiger charge is 2.20. The van der Waals surface area contributed by atoms with Crippen LogP contribution < -0.4 is 15.6 Å². The van der Waals surface area contributed by atoms with E-state index in [0.717, 1.165) is 18.2 Å². The molecule has 0 aliphatic heterocycles. The number of methoxy groups -OCH3 is 1. The Hall–Kier alpha value is -4.61. The summed E-state index contributed by atoms with van der Waals surface area (Å²) in [4.78, 5) is 35.1. The van der Waals surface area contributed by atoms with Crippen LogP contribution in [0.4, 0.5) is 14.5 Å². The Kier molecular flexibility index (Phi) is 5.92. The number of anilines is 1. The molecule has 0 spiro atoms. The van der Waals surface area contributed by atoms with Gasteiger partial charge in [0.15, 0.2) is 5.82 Å². The number of nitrogens with one attached hydrogen (secondary N) is 1. The van der Waals surface area contributed by atoms with E-state index in [-0.39, 0.29) is 30.2 Å². The van der Waals surface area contributed by atoms with Crippen molar-refractivity contribution in [2.75, 3.05) is 12.4 Å².